The molecule has 1 saturated heterocycles. The predicted octanol–water partition coefficient (Wildman–Crippen LogP) is 5.09. The molecule has 1 unspecified atom stereocenters. The largest absolute Gasteiger partial charge is 0.475 e. The Bertz CT molecular complexity index is 1720. The standard InChI is InChI=1S/C35H45N5O6S/c1-23-10-7-11-24(2)31(23)29-19-30-37-34(36-29)38-47(43,44)28-14-8-12-25(18-28)33(42)40(27(22-46-30)20-35(3,4)5)21-26-13-9-15-39(32(26)41)16-17-45-6/h7-8,10-12,14,18-19,26-27H,9,13,15-17,20-22H2,1-6H3,(H,36,37,38)/t26?,27-/m1/s1. The summed E-state index contributed by atoms with van der Waals surface area (Å²) in [4.78, 5) is 40.5. The Morgan fingerprint density at radius 2 is 1.77 bits per heavy atom. The van der Waals surface area contributed by atoms with E-state index in [1.165, 1.54) is 12.1 Å². The third-order valence-corrected chi connectivity index (χ3v) is 9.98. The highest BCUT2D eigenvalue weighted by atomic mass is 32.2. The smallest absolute Gasteiger partial charge is 0.264 e. The number of benzene rings is 2. The summed E-state index contributed by atoms with van der Waals surface area (Å²) >= 11 is 0. The van der Waals surface area contributed by atoms with Gasteiger partial charge in [-0.1, -0.05) is 45.0 Å². The van der Waals surface area contributed by atoms with Gasteiger partial charge in [0.15, 0.2) is 0 Å². The van der Waals surface area contributed by atoms with Crippen LogP contribution >= 0.6 is 0 Å². The number of ether oxygens (including phenoxy) is 2. The predicted molar refractivity (Wildman–Crippen MR) is 180 cm³/mol. The molecule has 252 valence electrons. The van der Waals surface area contributed by atoms with Gasteiger partial charge in [0.2, 0.25) is 17.7 Å². The fraction of sp³-hybridized carbons (Fsp3) is 0.486. The molecule has 0 radical (unpaired) electrons. The number of hydrogen-bond acceptors (Lipinski definition) is 8. The van der Waals surface area contributed by atoms with Gasteiger partial charge in [-0.3, -0.25) is 9.59 Å². The summed E-state index contributed by atoms with van der Waals surface area (Å²) < 4.78 is 41.4. The third-order valence-electron chi connectivity index (χ3n) is 8.65. The number of methoxy groups -OCH3 is 1. The molecular weight excluding hydrogens is 618 g/mol. The zero-order valence-corrected chi connectivity index (χ0v) is 28.9. The van der Waals surface area contributed by atoms with Crippen LogP contribution in [0, 0.1) is 25.2 Å². The summed E-state index contributed by atoms with van der Waals surface area (Å²) in [5.74, 6) is -0.761. The van der Waals surface area contributed by atoms with Crippen molar-refractivity contribution >= 4 is 27.8 Å². The first-order valence-corrected chi connectivity index (χ1v) is 17.5. The number of amides is 2. The number of fused-ring (bicyclic) bond motifs is 4. The van der Waals surface area contributed by atoms with Crippen LogP contribution in [-0.4, -0.2) is 86.0 Å². The number of carbonyl (C=O) groups excluding carboxylic acids is 2. The maximum Gasteiger partial charge on any atom is 0.264 e. The number of piperidine rings is 1. The van der Waals surface area contributed by atoms with Crippen molar-refractivity contribution in [1.82, 2.24) is 19.8 Å². The lowest BCUT2D eigenvalue weighted by Gasteiger charge is -2.40. The van der Waals surface area contributed by atoms with Crippen molar-refractivity contribution in [3.8, 4) is 17.1 Å². The van der Waals surface area contributed by atoms with Crippen LogP contribution in [0.1, 0.15) is 61.5 Å². The van der Waals surface area contributed by atoms with E-state index in [0.717, 1.165) is 23.1 Å². The van der Waals surface area contributed by atoms with Crippen LogP contribution in [0.3, 0.4) is 0 Å². The van der Waals surface area contributed by atoms with E-state index in [4.69, 9.17) is 9.47 Å². The molecule has 2 aliphatic rings. The third kappa shape index (κ3) is 8.10. The van der Waals surface area contributed by atoms with E-state index in [2.05, 4.69) is 35.5 Å². The van der Waals surface area contributed by atoms with Crippen LogP contribution in [0.4, 0.5) is 5.95 Å². The van der Waals surface area contributed by atoms with Crippen LogP contribution in [0.2, 0.25) is 0 Å². The first kappa shape index (κ1) is 34.3. The van der Waals surface area contributed by atoms with Crippen LogP contribution in [-0.2, 0) is 19.6 Å². The molecular formula is C35H45N5O6S. The average Bonchev–Trinajstić information content (AvgIpc) is 3.01. The van der Waals surface area contributed by atoms with Gasteiger partial charge in [-0.25, -0.2) is 18.1 Å². The van der Waals surface area contributed by atoms with E-state index < -0.39 is 22.0 Å². The number of rotatable bonds is 7. The second-order valence-corrected chi connectivity index (χ2v) is 15.3. The second kappa shape index (κ2) is 14.0. The zero-order valence-electron chi connectivity index (χ0n) is 28.1. The second-order valence-electron chi connectivity index (χ2n) is 13.7. The van der Waals surface area contributed by atoms with Gasteiger partial charge in [0.25, 0.3) is 15.9 Å². The number of nitrogens with zero attached hydrogens (tertiary/aromatic N) is 4. The molecule has 0 spiro atoms. The van der Waals surface area contributed by atoms with Crippen molar-refractivity contribution in [2.45, 2.75) is 64.8 Å². The molecule has 0 saturated carbocycles. The Morgan fingerprint density at radius 1 is 1.04 bits per heavy atom. The van der Waals surface area contributed by atoms with Gasteiger partial charge < -0.3 is 19.3 Å². The molecule has 2 amide bonds. The van der Waals surface area contributed by atoms with Gasteiger partial charge in [0.1, 0.15) is 6.61 Å². The van der Waals surface area contributed by atoms with Crippen LogP contribution in [0.15, 0.2) is 53.4 Å². The number of aryl methyl sites for hydroxylation is 2. The van der Waals surface area contributed by atoms with Crippen molar-refractivity contribution in [3.05, 3.63) is 65.2 Å². The number of sulfonamides is 1. The van der Waals surface area contributed by atoms with E-state index in [-0.39, 0.29) is 52.7 Å². The fourth-order valence-electron chi connectivity index (χ4n) is 6.43. The molecule has 11 nitrogen and oxygen atoms in total. The summed E-state index contributed by atoms with van der Waals surface area (Å²) in [6.07, 6.45) is 2.01. The maximum atomic E-state index is 14.4. The SMILES string of the molecule is COCCN1CCCC(CN2C(=O)c3cccc(c3)S(=O)(=O)Nc3nc(cc(-c4c(C)cccc4C)n3)OC[C@H]2CC(C)(C)C)C1=O. The first-order chi connectivity index (χ1) is 22.3. The summed E-state index contributed by atoms with van der Waals surface area (Å²) in [5.41, 5.74) is 3.28. The van der Waals surface area contributed by atoms with Gasteiger partial charge in [-0.2, -0.15) is 4.98 Å². The molecule has 3 heterocycles. The lowest BCUT2D eigenvalue weighted by Crippen LogP contribution is -2.52. The Balaban J connectivity index is 1.62. The minimum atomic E-state index is -4.19. The molecule has 0 aliphatic carbocycles. The highest BCUT2D eigenvalue weighted by Crippen LogP contribution is 2.32. The molecule has 3 aromatic rings. The molecule has 12 heteroatoms. The molecule has 1 N–H and O–H groups in total. The van der Waals surface area contributed by atoms with Gasteiger partial charge in [-0.05, 0) is 67.9 Å². The molecule has 2 aromatic carbocycles. The summed E-state index contributed by atoms with van der Waals surface area (Å²) in [6.45, 7) is 12.0. The van der Waals surface area contributed by atoms with E-state index in [1.54, 1.807) is 35.1 Å². The molecule has 5 rings (SSSR count). The van der Waals surface area contributed by atoms with Crippen molar-refractivity contribution in [3.63, 3.8) is 0 Å². The Labute approximate surface area is 277 Å². The van der Waals surface area contributed by atoms with Crippen molar-refractivity contribution < 1.29 is 27.5 Å². The molecule has 1 fully saturated rings. The van der Waals surface area contributed by atoms with Gasteiger partial charge in [0.05, 0.1) is 29.2 Å². The van der Waals surface area contributed by atoms with Gasteiger partial charge in [0, 0.05) is 43.9 Å². The lowest BCUT2D eigenvalue weighted by atomic mass is 9.86. The van der Waals surface area contributed by atoms with Crippen LogP contribution < -0.4 is 9.46 Å². The van der Waals surface area contributed by atoms with Crippen molar-refractivity contribution in [2.24, 2.45) is 11.3 Å². The van der Waals surface area contributed by atoms with E-state index in [0.29, 0.717) is 38.2 Å². The number of carbonyl (C=O) groups is 2. The molecule has 2 atom stereocenters. The highest BCUT2D eigenvalue weighted by Gasteiger charge is 2.36. The van der Waals surface area contributed by atoms with Crippen molar-refractivity contribution in [1.29, 1.82) is 0 Å². The normalized spacial score (nSPS) is 20.0. The summed E-state index contributed by atoms with van der Waals surface area (Å²) in [5, 5.41) is 0. The lowest BCUT2D eigenvalue weighted by molar-refractivity contribution is -0.139. The number of hydrogen-bond donors (Lipinski definition) is 1. The number of aromatic nitrogens is 2. The van der Waals surface area contributed by atoms with Gasteiger partial charge >= 0.3 is 0 Å². The van der Waals surface area contributed by atoms with Crippen LogP contribution in [0.5, 0.6) is 5.88 Å². The first-order valence-electron chi connectivity index (χ1n) is 16.1. The monoisotopic (exact) mass is 663 g/mol. The quantitative estimate of drug-likeness (QED) is 0.370. The minimum absolute atomic E-state index is 0.0151. The number of likely N-dealkylation sites (tertiary alicyclic amines) is 1. The van der Waals surface area contributed by atoms with Crippen molar-refractivity contribution in [2.75, 3.05) is 44.7 Å². The maximum absolute atomic E-state index is 14.4. The van der Waals surface area contributed by atoms with Gasteiger partial charge in [-0.15, -0.1) is 0 Å². The zero-order chi connectivity index (χ0) is 33.9. The fourth-order valence-corrected chi connectivity index (χ4v) is 7.42. The molecule has 47 heavy (non-hydrogen) atoms. The highest BCUT2D eigenvalue weighted by molar-refractivity contribution is 7.92. The Hall–Kier alpha value is -4.03. The summed E-state index contributed by atoms with van der Waals surface area (Å²) in [7, 11) is -2.58. The number of anilines is 1. The molecule has 1 aromatic heterocycles. The topological polar surface area (TPSA) is 131 Å². The average molecular weight is 664 g/mol. The molecule has 4 bridgehead atoms. The summed E-state index contributed by atoms with van der Waals surface area (Å²) in [6, 6.07) is 13.1. The van der Waals surface area contributed by atoms with E-state index in [1.807, 2.05) is 32.0 Å². The molecule has 2 aliphatic heterocycles. The van der Waals surface area contributed by atoms with E-state index >= 15 is 0 Å². The Kier molecular flexibility index (Phi) is 10.2. The van der Waals surface area contributed by atoms with Crippen LogP contribution in [0.25, 0.3) is 11.3 Å². The number of nitrogens with one attached hydrogen (secondary N) is 1. The van der Waals surface area contributed by atoms with E-state index in [9.17, 15) is 18.0 Å². The Morgan fingerprint density at radius 3 is 2.47 bits per heavy atom. The minimum Gasteiger partial charge on any atom is -0.475 e.